The lowest BCUT2D eigenvalue weighted by Crippen LogP contribution is -2.17. The van der Waals surface area contributed by atoms with Crippen LogP contribution in [-0.2, 0) is 0 Å². The Balaban J connectivity index is 1.79. The molecule has 3 aromatic rings. The average molecular weight is 320 g/mol. The van der Waals surface area contributed by atoms with Gasteiger partial charge >= 0.3 is 0 Å². The molecule has 120 valence electrons. The second-order valence-electron chi connectivity index (χ2n) is 5.15. The minimum atomic E-state index is -0.339. The van der Waals surface area contributed by atoms with E-state index >= 15 is 0 Å². The number of benzene rings is 3. The lowest BCUT2D eigenvalue weighted by atomic mass is 10.0. The highest BCUT2D eigenvalue weighted by Crippen LogP contribution is 2.25. The number of methoxy groups -OCH3 is 1. The molecule has 0 heterocycles. The fraction of sp³-hybridized carbons (Fsp3) is 0.0526. The molecule has 0 bridgehead atoms. The number of hydrogen-bond acceptors (Lipinski definition) is 4. The first kappa shape index (κ1) is 15.6. The molecule has 0 aliphatic carbocycles. The molecule has 0 atom stereocenters. The van der Waals surface area contributed by atoms with Crippen molar-refractivity contribution < 1.29 is 14.6 Å². The Bertz CT molecular complexity index is 902. The van der Waals surface area contributed by atoms with Crippen molar-refractivity contribution in [2.45, 2.75) is 0 Å². The summed E-state index contributed by atoms with van der Waals surface area (Å²) in [5, 5.41) is 15.8. The first-order valence-electron chi connectivity index (χ1n) is 7.37. The third-order valence-corrected chi connectivity index (χ3v) is 3.66. The number of rotatable bonds is 4. The van der Waals surface area contributed by atoms with Gasteiger partial charge in [-0.15, -0.1) is 0 Å². The molecular weight excluding hydrogens is 304 g/mol. The lowest BCUT2D eigenvalue weighted by Gasteiger charge is -2.05. The van der Waals surface area contributed by atoms with Crippen molar-refractivity contribution in [3.05, 3.63) is 71.8 Å². The van der Waals surface area contributed by atoms with Gasteiger partial charge in [-0.3, -0.25) is 4.79 Å². The molecule has 5 heteroatoms. The number of ether oxygens (including phenoxy) is 1. The topological polar surface area (TPSA) is 70.9 Å². The van der Waals surface area contributed by atoms with Crippen molar-refractivity contribution in [2.75, 3.05) is 7.11 Å². The van der Waals surface area contributed by atoms with E-state index in [9.17, 15) is 9.90 Å². The van der Waals surface area contributed by atoms with E-state index in [1.54, 1.807) is 37.4 Å². The molecule has 0 aliphatic heterocycles. The largest absolute Gasteiger partial charge is 0.507 e. The summed E-state index contributed by atoms with van der Waals surface area (Å²) >= 11 is 0. The van der Waals surface area contributed by atoms with Crippen LogP contribution >= 0.6 is 0 Å². The number of hydrazone groups is 1. The van der Waals surface area contributed by atoms with Crippen LogP contribution in [0.5, 0.6) is 11.5 Å². The van der Waals surface area contributed by atoms with Crippen LogP contribution in [0.25, 0.3) is 10.8 Å². The molecule has 0 aromatic heterocycles. The van der Waals surface area contributed by atoms with Gasteiger partial charge in [-0.1, -0.05) is 30.3 Å². The van der Waals surface area contributed by atoms with Gasteiger partial charge in [0.15, 0.2) is 0 Å². The van der Waals surface area contributed by atoms with Crippen LogP contribution in [0, 0.1) is 0 Å². The summed E-state index contributed by atoms with van der Waals surface area (Å²) in [7, 11) is 1.57. The zero-order valence-electron chi connectivity index (χ0n) is 13.1. The molecule has 24 heavy (non-hydrogen) atoms. The van der Waals surface area contributed by atoms with Gasteiger partial charge in [-0.25, -0.2) is 5.43 Å². The van der Waals surface area contributed by atoms with Gasteiger partial charge in [0, 0.05) is 11.1 Å². The van der Waals surface area contributed by atoms with Crippen molar-refractivity contribution in [3.8, 4) is 11.5 Å². The summed E-state index contributed by atoms with van der Waals surface area (Å²) in [6.45, 7) is 0. The maximum Gasteiger partial charge on any atom is 0.271 e. The molecule has 0 fully saturated rings. The molecule has 0 aliphatic rings. The number of phenolic OH excluding ortho intramolecular Hbond substituents is 1. The molecule has 2 N–H and O–H groups in total. The van der Waals surface area contributed by atoms with Crippen LogP contribution in [0.1, 0.15) is 15.9 Å². The molecule has 3 rings (SSSR count). The molecule has 0 spiro atoms. The van der Waals surface area contributed by atoms with Crippen molar-refractivity contribution >= 4 is 22.9 Å². The van der Waals surface area contributed by atoms with E-state index in [2.05, 4.69) is 10.5 Å². The highest BCUT2D eigenvalue weighted by molar-refractivity contribution is 6.03. The first-order chi connectivity index (χ1) is 11.7. The lowest BCUT2D eigenvalue weighted by molar-refractivity contribution is 0.0955. The number of nitrogens with zero attached hydrogens (tertiary/aromatic N) is 1. The van der Waals surface area contributed by atoms with Gasteiger partial charge in [-0.05, 0) is 41.1 Å². The minimum absolute atomic E-state index is 0.108. The number of hydrogen-bond donors (Lipinski definition) is 2. The monoisotopic (exact) mass is 320 g/mol. The summed E-state index contributed by atoms with van der Waals surface area (Å²) < 4.78 is 5.05. The zero-order valence-corrected chi connectivity index (χ0v) is 13.1. The summed E-state index contributed by atoms with van der Waals surface area (Å²) in [4.78, 5) is 12.1. The van der Waals surface area contributed by atoms with E-state index in [1.165, 1.54) is 6.21 Å². The molecule has 0 unspecified atom stereocenters. The van der Waals surface area contributed by atoms with Gasteiger partial charge in [0.05, 0.1) is 13.3 Å². The number of carbonyl (C=O) groups excluding carboxylic acids is 1. The zero-order chi connectivity index (χ0) is 16.9. The van der Waals surface area contributed by atoms with Crippen molar-refractivity contribution in [2.24, 2.45) is 5.10 Å². The fourth-order valence-corrected chi connectivity index (χ4v) is 2.38. The molecule has 0 saturated heterocycles. The summed E-state index contributed by atoms with van der Waals surface area (Å²) in [6, 6.07) is 17.8. The SMILES string of the molecule is COc1ccc(C(=O)N/N=C\c2c(O)ccc3ccccc23)cc1. The summed E-state index contributed by atoms with van der Waals surface area (Å²) in [5.74, 6) is 0.445. The summed E-state index contributed by atoms with van der Waals surface area (Å²) in [5.41, 5.74) is 3.48. The van der Waals surface area contributed by atoms with Gasteiger partial charge in [0.1, 0.15) is 11.5 Å². The van der Waals surface area contributed by atoms with E-state index in [0.717, 1.165) is 10.8 Å². The van der Waals surface area contributed by atoms with Gasteiger partial charge < -0.3 is 9.84 Å². The molecule has 5 nitrogen and oxygen atoms in total. The van der Waals surface area contributed by atoms with Gasteiger partial charge in [-0.2, -0.15) is 5.10 Å². The van der Waals surface area contributed by atoms with Gasteiger partial charge in [0.2, 0.25) is 0 Å². The second kappa shape index (κ2) is 6.83. The third-order valence-electron chi connectivity index (χ3n) is 3.66. The molecule has 3 aromatic carbocycles. The maximum absolute atomic E-state index is 12.1. The fourth-order valence-electron chi connectivity index (χ4n) is 2.38. The second-order valence-corrected chi connectivity index (χ2v) is 5.15. The molecular formula is C19H16N2O3. The van der Waals surface area contributed by atoms with Crippen LogP contribution < -0.4 is 10.2 Å². The van der Waals surface area contributed by atoms with E-state index in [0.29, 0.717) is 16.9 Å². The average Bonchev–Trinajstić information content (AvgIpc) is 2.63. The Morgan fingerprint density at radius 2 is 1.83 bits per heavy atom. The Kier molecular flexibility index (Phi) is 4.43. The van der Waals surface area contributed by atoms with Crippen LogP contribution in [0.2, 0.25) is 0 Å². The normalized spacial score (nSPS) is 10.9. The minimum Gasteiger partial charge on any atom is -0.507 e. The van der Waals surface area contributed by atoms with Gasteiger partial charge in [0.25, 0.3) is 5.91 Å². The number of amides is 1. The van der Waals surface area contributed by atoms with E-state index < -0.39 is 0 Å². The van der Waals surface area contributed by atoms with E-state index in [-0.39, 0.29) is 11.7 Å². The Labute approximate surface area is 139 Å². The number of fused-ring (bicyclic) bond motifs is 1. The smallest absolute Gasteiger partial charge is 0.271 e. The number of carbonyl (C=O) groups is 1. The van der Waals surface area contributed by atoms with Crippen molar-refractivity contribution in [3.63, 3.8) is 0 Å². The van der Waals surface area contributed by atoms with E-state index in [1.807, 2.05) is 30.3 Å². The quantitative estimate of drug-likeness (QED) is 0.572. The Morgan fingerprint density at radius 3 is 2.58 bits per heavy atom. The van der Waals surface area contributed by atoms with Crippen LogP contribution in [-0.4, -0.2) is 24.3 Å². The maximum atomic E-state index is 12.1. The predicted octanol–water partition coefficient (Wildman–Crippen LogP) is 3.32. The third kappa shape index (κ3) is 3.20. The number of aromatic hydroxyl groups is 1. The van der Waals surface area contributed by atoms with Crippen molar-refractivity contribution in [1.29, 1.82) is 0 Å². The highest BCUT2D eigenvalue weighted by atomic mass is 16.5. The standard InChI is InChI=1S/C19H16N2O3/c1-24-15-9-6-14(7-10-15)19(23)21-20-12-17-16-5-3-2-4-13(16)8-11-18(17)22/h2-12,22H,1H3,(H,21,23)/b20-12-. The molecule has 0 radical (unpaired) electrons. The Morgan fingerprint density at radius 1 is 1.08 bits per heavy atom. The predicted molar refractivity (Wildman–Crippen MR) is 93.7 cm³/mol. The van der Waals surface area contributed by atoms with Crippen LogP contribution in [0.15, 0.2) is 65.8 Å². The van der Waals surface area contributed by atoms with E-state index in [4.69, 9.17) is 4.74 Å². The molecule has 0 saturated carbocycles. The Hall–Kier alpha value is -3.34. The number of nitrogens with one attached hydrogen (secondary N) is 1. The van der Waals surface area contributed by atoms with Crippen LogP contribution in [0.4, 0.5) is 0 Å². The molecule has 1 amide bonds. The van der Waals surface area contributed by atoms with Crippen LogP contribution in [0.3, 0.4) is 0 Å². The van der Waals surface area contributed by atoms with Crippen molar-refractivity contribution in [1.82, 2.24) is 5.43 Å². The number of phenols is 1. The highest BCUT2D eigenvalue weighted by Gasteiger charge is 2.06. The summed E-state index contributed by atoms with van der Waals surface area (Å²) in [6.07, 6.45) is 1.44. The first-order valence-corrected chi connectivity index (χ1v) is 7.37.